The van der Waals surface area contributed by atoms with E-state index < -0.39 is 11.6 Å². The molecular formula is C29H36F2N8. The van der Waals surface area contributed by atoms with E-state index in [-0.39, 0.29) is 34.5 Å². The fourth-order valence-electron chi connectivity index (χ4n) is 5.38. The zero-order valence-corrected chi connectivity index (χ0v) is 22.6. The Bertz CT molecular complexity index is 1300. The van der Waals surface area contributed by atoms with Crippen molar-refractivity contribution in [1.29, 1.82) is 5.41 Å². The molecule has 1 aliphatic carbocycles. The van der Waals surface area contributed by atoms with Gasteiger partial charge in [-0.25, -0.2) is 23.7 Å². The molecule has 8 nitrogen and oxygen atoms in total. The first-order chi connectivity index (χ1) is 18.9. The van der Waals surface area contributed by atoms with Crippen molar-refractivity contribution >= 4 is 23.2 Å². The van der Waals surface area contributed by atoms with Crippen LogP contribution in [-0.2, 0) is 6.54 Å². The molecule has 2 aromatic heterocycles. The molecule has 1 saturated carbocycles. The lowest BCUT2D eigenvalue weighted by Crippen LogP contribution is -2.45. The first-order valence-corrected chi connectivity index (χ1v) is 13.8. The van der Waals surface area contributed by atoms with E-state index in [1.165, 1.54) is 13.0 Å². The Morgan fingerprint density at radius 3 is 2.41 bits per heavy atom. The zero-order chi connectivity index (χ0) is 27.4. The van der Waals surface area contributed by atoms with E-state index in [9.17, 15) is 4.39 Å². The first kappa shape index (κ1) is 27.1. The molecule has 2 fully saturated rings. The van der Waals surface area contributed by atoms with Gasteiger partial charge in [0.05, 0.1) is 11.8 Å². The highest BCUT2D eigenvalue weighted by atomic mass is 19.1. The number of anilines is 3. The maximum atomic E-state index is 15.7. The van der Waals surface area contributed by atoms with Gasteiger partial charge >= 0.3 is 0 Å². The standard InChI is InChI=1S/C29H36F2N8/c1-3-38-12-14-39(15-13-38)18-20-8-11-25(33-16-20)36-29-34-17-23(30)28(37-29)22-9-10-24(26(19(2)32)27(22)31)35-21-6-4-5-7-21/h8-11,16-17,21,32,35H,3-7,12-15,18H2,1-2H3,(H,33,34,36,37). The number of hydrogen-bond acceptors (Lipinski definition) is 8. The maximum absolute atomic E-state index is 15.7. The maximum Gasteiger partial charge on any atom is 0.229 e. The van der Waals surface area contributed by atoms with Gasteiger partial charge < -0.3 is 20.9 Å². The van der Waals surface area contributed by atoms with Gasteiger partial charge in [0.25, 0.3) is 0 Å². The van der Waals surface area contributed by atoms with Crippen molar-refractivity contribution in [3.8, 4) is 11.3 Å². The van der Waals surface area contributed by atoms with Crippen LogP contribution in [0.3, 0.4) is 0 Å². The second kappa shape index (κ2) is 12.1. The van der Waals surface area contributed by atoms with E-state index in [1.54, 1.807) is 6.07 Å². The van der Waals surface area contributed by atoms with E-state index in [1.807, 2.05) is 18.3 Å². The number of hydrogen-bond donors (Lipinski definition) is 3. The van der Waals surface area contributed by atoms with Gasteiger partial charge in [0.1, 0.15) is 17.3 Å². The molecular weight excluding hydrogens is 498 g/mol. The molecule has 1 aliphatic heterocycles. The Labute approximate surface area is 228 Å². The average Bonchev–Trinajstić information content (AvgIpc) is 3.45. The molecule has 2 aliphatic rings. The summed E-state index contributed by atoms with van der Waals surface area (Å²) in [5, 5.41) is 14.6. The second-order valence-electron chi connectivity index (χ2n) is 10.4. The highest BCUT2D eigenvalue weighted by Crippen LogP contribution is 2.33. The molecule has 0 atom stereocenters. The lowest BCUT2D eigenvalue weighted by Gasteiger charge is -2.33. The van der Waals surface area contributed by atoms with Crippen LogP contribution in [-0.4, -0.2) is 69.2 Å². The number of piperazine rings is 1. The van der Waals surface area contributed by atoms with Crippen molar-refractivity contribution in [1.82, 2.24) is 24.8 Å². The largest absolute Gasteiger partial charge is 0.382 e. The summed E-state index contributed by atoms with van der Waals surface area (Å²) in [5.74, 6) is -0.782. The molecule has 3 aromatic rings. The van der Waals surface area contributed by atoms with Crippen LogP contribution in [0.5, 0.6) is 0 Å². The lowest BCUT2D eigenvalue weighted by atomic mass is 10.0. The molecule has 0 amide bonds. The molecule has 0 spiro atoms. The summed E-state index contributed by atoms with van der Waals surface area (Å²) < 4.78 is 30.6. The van der Waals surface area contributed by atoms with Gasteiger partial charge in [-0.1, -0.05) is 25.8 Å². The van der Waals surface area contributed by atoms with E-state index in [2.05, 4.69) is 42.3 Å². The number of nitrogens with one attached hydrogen (secondary N) is 3. The molecule has 0 radical (unpaired) electrons. The summed E-state index contributed by atoms with van der Waals surface area (Å²) in [7, 11) is 0. The molecule has 5 rings (SSSR count). The summed E-state index contributed by atoms with van der Waals surface area (Å²) in [6.07, 6.45) is 7.13. The molecule has 3 heterocycles. The summed E-state index contributed by atoms with van der Waals surface area (Å²) >= 11 is 0. The third-order valence-electron chi connectivity index (χ3n) is 7.61. The Kier molecular flexibility index (Phi) is 8.42. The topological polar surface area (TPSA) is 93.1 Å². The van der Waals surface area contributed by atoms with Crippen molar-refractivity contribution in [3.63, 3.8) is 0 Å². The molecule has 1 aromatic carbocycles. The van der Waals surface area contributed by atoms with E-state index in [0.717, 1.165) is 76.7 Å². The number of nitrogens with zero attached hydrogens (tertiary/aromatic N) is 5. The fourth-order valence-corrected chi connectivity index (χ4v) is 5.38. The molecule has 206 valence electrons. The van der Waals surface area contributed by atoms with Crippen LogP contribution >= 0.6 is 0 Å². The van der Waals surface area contributed by atoms with Crippen molar-refractivity contribution in [2.75, 3.05) is 43.4 Å². The molecule has 39 heavy (non-hydrogen) atoms. The van der Waals surface area contributed by atoms with Crippen molar-refractivity contribution in [2.45, 2.75) is 52.1 Å². The predicted molar refractivity (Wildman–Crippen MR) is 151 cm³/mol. The number of aromatic nitrogens is 3. The Balaban J connectivity index is 1.31. The van der Waals surface area contributed by atoms with E-state index in [4.69, 9.17) is 5.41 Å². The number of benzene rings is 1. The Hall–Kier alpha value is -3.50. The van der Waals surface area contributed by atoms with Gasteiger partial charge in [-0.05, 0) is 50.1 Å². The monoisotopic (exact) mass is 534 g/mol. The van der Waals surface area contributed by atoms with Gasteiger partial charge in [-0.3, -0.25) is 4.90 Å². The summed E-state index contributed by atoms with van der Waals surface area (Å²) in [5.41, 5.74) is 1.69. The van der Waals surface area contributed by atoms with Gasteiger partial charge in [-0.2, -0.15) is 0 Å². The third-order valence-corrected chi connectivity index (χ3v) is 7.61. The van der Waals surface area contributed by atoms with Crippen molar-refractivity contribution in [2.24, 2.45) is 0 Å². The number of pyridine rings is 1. The minimum atomic E-state index is -0.740. The van der Waals surface area contributed by atoms with E-state index in [0.29, 0.717) is 11.5 Å². The van der Waals surface area contributed by atoms with Crippen LogP contribution in [0.15, 0.2) is 36.7 Å². The van der Waals surface area contributed by atoms with Gasteiger partial charge in [0.2, 0.25) is 5.95 Å². The van der Waals surface area contributed by atoms with Crippen molar-refractivity contribution < 1.29 is 8.78 Å². The molecule has 1 saturated heterocycles. The molecule has 0 bridgehead atoms. The smallest absolute Gasteiger partial charge is 0.229 e. The number of halogens is 2. The molecule has 10 heteroatoms. The summed E-state index contributed by atoms with van der Waals surface area (Å²) in [4.78, 5) is 17.7. The van der Waals surface area contributed by atoms with Crippen LogP contribution < -0.4 is 10.6 Å². The van der Waals surface area contributed by atoms with Gasteiger partial charge in [0, 0.05) is 61.9 Å². The number of rotatable bonds is 9. The van der Waals surface area contributed by atoms with Crippen LogP contribution in [0.2, 0.25) is 0 Å². The normalized spacial score (nSPS) is 16.9. The van der Waals surface area contributed by atoms with Gasteiger partial charge in [0.15, 0.2) is 5.82 Å². The lowest BCUT2D eigenvalue weighted by molar-refractivity contribution is 0.132. The fraction of sp³-hybridized carbons (Fsp3) is 0.448. The highest BCUT2D eigenvalue weighted by Gasteiger charge is 2.23. The average molecular weight is 535 g/mol. The van der Waals surface area contributed by atoms with Crippen molar-refractivity contribution in [3.05, 3.63) is 59.4 Å². The number of likely N-dealkylation sites (N-methyl/N-ethyl adjacent to an activating group) is 1. The third kappa shape index (κ3) is 6.39. The minimum absolute atomic E-state index is 0.0111. The summed E-state index contributed by atoms with van der Waals surface area (Å²) in [6, 6.07) is 7.32. The first-order valence-electron chi connectivity index (χ1n) is 13.8. The quantitative estimate of drug-likeness (QED) is 0.315. The molecule has 0 unspecified atom stereocenters. The van der Waals surface area contributed by atoms with Crippen LogP contribution in [0.1, 0.15) is 50.7 Å². The Morgan fingerprint density at radius 1 is 1.00 bits per heavy atom. The summed E-state index contributed by atoms with van der Waals surface area (Å²) in [6.45, 7) is 9.87. The molecule has 3 N–H and O–H groups in total. The second-order valence-corrected chi connectivity index (χ2v) is 10.4. The van der Waals surface area contributed by atoms with Gasteiger partial charge in [-0.15, -0.1) is 0 Å². The SMILES string of the molecule is CCN1CCN(Cc2ccc(Nc3ncc(F)c(-c4ccc(NC5CCCC5)c(C(C)=N)c4F)n3)nc2)CC1. The predicted octanol–water partition coefficient (Wildman–Crippen LogP) is 5.44. The zero-order valence-electron chi connectivity index (χ0n) is 22.6. The van der Waals surface area contributed by atoms with Crippen LogP contribution in [0, 0.1) is 17.0 Å². The van der Waals surface area contributed by atoms with Crippen LogP contribution in [0.25, 0.3) is 11.3 Å². The van der Waals surface area contributed by atoms with E-state index >= 15 is 4.39 Å². The van der Waals surface area contributed by atoms with Crippen LogP contribution in [0.4, 0.5) is 26.2 Å². The minimum Gasteiger partial charge on any atom is -0.382 e. The highest BCUT2D eigenvalue weighted by molar-refractivity contribution is 6.03. The Morgan fingerprint density at radius 2 is 1.74 bits per heavy atom.